The molecule has 0 amide bonds. The number of halogens is 2. The average Bonchev–Trinajstić information content (AvgIpc) is 2.12. The average molecular weight is 199 g/mol. The van der Waals surface area contributed by atoms with Crippen molar-refractivity contribution in [1.82, 2.24) is 4.98 Å². The number of nitrogens with one attached hydrogen (secondary N) is 1. The van der Waals surface area contributed by atoms with E-state index in [0.29, 0.717) is 0 Å². The number of rotatable bonds is 2. The Balaban J connectivity index is 3.30. The summed E-state index contributed by atoms with van der Waals surface area (Å²) >= 11 is 0. The van der Waals surface area contributed by atoms with E-state index in [1.807, 2.05) is 4.98 Å². The van der Waals surface area contributed by atoms with Crippen LogP contribution in [0.25, 0.3) is 0 Å². The second-order valence-electron chi connectivity index (χ2n) is 2.63. The van der Waals surface area contributed by atoms with E-state index in [4.69, 9.17) is 11.0 Å². The Morgan fingerprint density at radius 2 is 2.29 bits per heavy atom. The number of nitrogens with two attached hydrogens (primary N) is 1. The lowest BCUT2D eigenvalue weighted by atomic mass is 10.1. The summed E-state index contributed by atoms with van der Waals surface area (Å²) in [6.45, 7) is 0. The van der Waals surface area contributed by atoms with Crippen molar-refractivity contribution >= 4 is 5.69 Å². The number of nitrogen functional groups attached to an aromatic ring is 1. The van der Waals surface area contributed by atoms with Gasteiger partial charge in [0.15, 0.2) is 0 Å². The number of hydrogen-bond acceptors (Lipinski definition) is 3. The van der Waals surface area contributed by atoms with Crippen molar-refractivity contribution < 1.29 is 8.78 Å². The summed E-state index contributed by atoms with van der Waals surface area (Å²) in [5.41, 5.74) is 3.94. The van der Waals surface area contributed by atoms with Gasteiger partial charge in [-0.25, -0.2) is 8.78 Å². The largest absolute Gasteiger partial charge is 0.394 e. The maximum Gasteiger partial charge on any atom is 0.278 e. The molecular weight excluding hydrogens is 192 g/mol. The molecule has 1 aromatic heterocycles. The molecule has 0 saturated heterocycles. The van der Waals surface area contributed by atoms with Gasteiger partial charge in [0, 0.05) is 0 Å². The van der Waals surface area contributed by atoms with Gasteiger partial charge in [-0.1, -0.05) is 0 Å². The fourth-order valence-electron chi connectivity index (χ4n) is 0.995. The SMILES string of the molecule is N#CCc1cc(C(F)F)[nH]c(=O)c1N. The van der Waals surface area contributed by atoms with Crippen molar-refractivity contribution in [3.05, 3.63) is 27.7 Å². The molecule has 0 saturated carbocycles. The summed E-state index contributed by atoms with van der Waals surface area (Å²) in [4.78, 5) is 13.0. The third kappa shape index (κ3) is 1.88. The Kier molecular flexibility index (Phi) is 2.82. The first kappa shape index (κ1) is 10.2. The molecule has 74 valence electrons. The van der Waals surface area contributed by atoms with Crippen LogP contribution in [0, 0.1) is 11.3 Å². The molecule has 0 bridgehead atoms. The summed E-state index contributed by atoms with van der Waals surface area (Å²) < 4.78 is 24.4. The molecule has 0 spiro atoms. The van der Waals surface area contributed by atoms with E-state index in [-0.39, 0.29) is 17.7 Å². The van der Waals surface area contributed by atoms with E-state index in [2.05, 4.69) is 0 Å². The normalized spacial score (nSPS) is 10.1. The second kappa shape index (κ2) is 3.87. The molecule has 14 heavy (non-hydrogen) atoms. The van der Waals surface area contributed by atoms with Crippen LogP contribution in [0.5, 0.6) is 0 Å². The molecule has 0 aliphatic carbocycles. The molecule has 0 aliphatic heterocycles. The molecular formula is C8H7F2N3O. The van der Waals surface area contributed by atoms with Gasteiger partial charge >= 0.3 is 0 Å². The van der Waals surface area contributed by atoms with E-state index >= 15 is 0 Å². The van der Waals surface area contributed by atoms with Crippen LogP contribution < -0.4 is 11.3 Å². The highest BCUT2D eigenvalue weighted by molar-refractivity contribution is 5.46. The Labute approximate surface area is 78.0 Å². The summed E-state index contributed by atoms with van der Waals surface area (Å²) in [5, 5.41) is 8.36. The summed E-state index contributed by atoms with van der Waals surface area (Å²) in [6.07, 6.45) is -2.93. The topological polar surface area (TPSA) is 82.7 Å². The number of aromatic nitrogens is 1. The molecule has 0 unspecified atom stereocenters. The van der Waals surface area contributed by atoms with Crippen molar-refractivity contribution in [2.45, 2.75) is 12.8 Å². The zero-order valence-electron chi connectivity index (χ0n) is 7.05. The van der Waals surface area contributed by atoms with Gasteiger partial charge in [-0.05, 0) is 11.6 Å². The predicted molar refractivity (Wildman–Crippen MR) is 45.7 cm³/mol. The predicted octanol–water partition coefficient (Wildman–Crippen LogP) is 0.961. The van der Waals surface area contributed by atoms with Crippen molar-refractivity contribution in [2.75, 3.05) is 5.73 Å². The molecule has 1 rings (SSSR count). The zero-order valence-corrected chi connectivity index (χ0v) is 7.05. The van der Waals surface area contributed by atoms with Gasteiger partial charge in [0.05, 0.1) is 18.2 Å². The van der Waals surface area contributed by atoms with Crippen molar-refractivity contribution in [2.24, 2.45) is 0 Å². The molecule has 0 atom stereocenters. The lowest BCUT2D eigenvalue weighted by molar-refractivity contribution is 0.145. The summed E-state index contributed by atoms with van der Waals surface area (Å²) in [6, 6.07) is 2.77. The third-order valence-corrected chi connectivity index (χ3v) is 1.68. The molecule has 0 radical (unpaired) electrons. The fraction of sp³-hybridized carbons (Fsp3) is 0.250. The van der Waals surface area contributed by atoms with Crippen molar-refractivity contribution in [3.8, 4) is 6.07 Å². The standard InChI is InChI=1S/C8H7F2N3O/c9-7(10)5-3-4(1-2-11)6(12)8(14)13-5/h3,7H,1,12H2,(H,13,14). The molecule has 0 fully saturated rings. The Hall–Kier alpha value is -1.90. The minimum absolute atomic E-state index is 0.131. The highest BCUT2D eigenvalue weighted by atomic mass is 19.3. The second-order valence-corrected chi connectivity index (χ2v) is 2.63. The minimum atomic E-state index is -2.78. The molecule has 4 nitrogen and oxygen atoms in total. The first-order chi connectivity index (χ1) is 6.56. The maximum atomic E-state index is 12.2. The van der Waals surface area contributed by atoms with Gasteiger partial charge in [-0.2, -0.15) is 5.26 Å². The third-order valence-electron chi connectivity index (χ3n) is 1.68. The van der Waals surface area contributed by atoms with E-state index in [1.54, 1.807) is 6.07 Å². The lowest BCUT2D eigenvalue weighted by Gasteiger charge is -2.04. The molecule has 1 heterocycles. The zero-order chi connectivity index (χ0) is 10.7. The number of alkyl halides is 2. The first-order valence-electron chi connectivity index (χ1n) is 3.73. The quantitative estimate of drug-likeness (QED) is 0.744. The minimum Gasteiger partial charge on any atom is -0.394 e. The van der Waals surface area contributed by atoms with Crippen LogP contribution in [0.3, 0.4) is 0 Å². The van der Waals surface area contributed by atoms with Crippen LogP contribution in [-0.4, -0.2) is 4.98 Å². The first-order valence-corrected chi connectivity index (χ1v) is 3.73. The number of pyridine rings is 1. The van der Waals surface area contributed by atoms with Crippen LogP contribution in [0.2, 0.25) is 0 Å². The van der Waals surface area contributed by atoms with E-state index in [9.17, 15) is 13.6 Å². The smallest absolute Gasteiger partial charge is 0.278 e. The van der Waals surface area contributed by atoms with Gasteiger partial charge in [0.2, 0.25) is 0 Å². The van der Waals surface area contributed by atoms with Crippen molar-refractivity contribution in [3.63, 3.8) is 0 Å². The van der Waals surface area contributed by atoms with Gasteiger partial charge in [-0.3, -0.25) is 4.79 Å². The van der Waals surface area contributed by atoms with Crippen LogP contribution in [0.1, 0.15) is 17.7 Å². The number of nitriles is 1. The Morgan fingerprint density at radius 1 is 1.64 bits per heavy atom. The monoisotopic (exact) mass is 199 g/mol. The van der Waals surface area contributed by atoms with Gasteiger partial charge < -0.3 is 10.7 Å². The van der Waals surface area contributed by atoms with Crippen molar-refractivity contribution in [1.29, 1.82) is 5.26 Å². The Bertz CT molecular complexity index is 433. The van der Waals surface area contributed by atoms with Gasteiger partial charge in [0.1, 0.15) is 5.69 Å². The van der Waals surface area contributed by atoms with Crippen LogP contribution in [0.15, 0.2) is 10.9 Å². The Morgan fingerprint density at radius 3 is 2.79 bits per heavy atom. The molecule has 0 aliphatic rings. The van der Waals surface area contributed by atoms with Crippen LogP contribution in [-0.2, 0) is 6.42 Å². The number of anilines is 1. The molecule has 3 N–H and O–H groups in total. The maximum absolute atomic E-state index is 12.2. The van der Waals surface area contributed by atoms with Crippen LogP contribution >= 0.6 is 0 Å². The van der Waals surface area contributed by atoms with Crippen LogP contribution in [0.4, 0.5) is 14.5 Å². The van der Waals surface area contributed by atoms with Gasteiger partial charge in [-0.15, -0.1) is 0 Å². The lowest BCUT2D eigenvalue weighted by Crippen LogP contribution is -2.16. The number of hydrogen-bond donors (Lipinski definition) is 2. The number of H-pyrrole nitrogens is 1. The van der Waals surface area contributed by atoms with E-state index in [1.165, 1.54) is 0 Å². The highest BCUT2D eigenvalue weighted by Crippen LogP contribution is 2.18. The fourth-order valence-corrected chi connectivity index (χ4v) is 0.995. The van der Waals surface area contributed by atoms with E-state index < -0.39 is 17.7 Å². The summed E-state index contributed by atoms with van der Waals surface area (Å²) in [5.74, 6) is 0. The molecule has 1 aromatic rings. The summed E-state index contributed by atoms with van der Waals surface area (Å²) in [7, 11) is 0. The number of nitrogens with zero attached hydrogens (tertiary/aromatic N) is 1. The number of aromatic amines is 1. The van der Waals surface area contributed by atoms with E-state index in [0.717, 1.165) is 6.07 Å². The molecule has 6 heteroatoms. The van der Waals surface area contributed by atoms with Gasteiger partial charge in [0.25, 0.3) is 12.0 Å². The molecule has 0 aromatic carbocycles. The highest BCUT2D eigenvalue weighted by Gasteiger charge is 2.12.